The third kappa shape index (κ3) is 3.54. The fourth-order valence-corrected chi connectivity index (χ4v) is 2.15. The molecule has 4 heteroatoms. The molecule has 17 heavy (non-hydrogen) atoms. The number of carboxylic acid groups (broad SMARTS) is 1. The molecular formula is C13H18BrNO2. The molecule has 0 aromatic heterocycles. The molecule has 0 saturated carbocycles. The lowest BCUT2D eigenvalue weighted by Crippen LogP contribution is -2.47. The van der Waals surface area contributed by atoms with Gasteiger partial charge >= 0.3 is 5.97 Å². The second-order valence-corrected chi connectivity index (χ2v) is 6.44. The number of nitrogens with two attached hydrogens (primary N) is 1. The summed E-state index contributed by atoms with van der Waals surface area (Å²) in [6, 6.07) is 7.12. The minimum Gasteiger partial charge on any atom is -0.480 e. The molecule has 0 fully saturated rings. The molecule has 0 amide bonds. The standard InChI is InChI=1S/C13H18BrNO2/c1-12(2,3)8-13(15,11(16)17)9-4-6-10(14)7-5-9/h4-7H,8,15H2,1-3H3,(H,16,17). The number of hydrogen-bond donors (Lipinski definition) is 2. The zero-order chi connectivity index (χ0) is 13.3. The van der Waals surface area contributed by atoms with Gasteiger partial charge in [0.15, 0.2) is 0 Å². The van der Waals surface area contributed by atoms with Gasteiger partial charge in [0.25, 0.3) is 0 Å². The highest BCUT2D eigenvalue weighted by Gasteiger charge is 2.39. The summed E-state index contributed by atoms with van der Waals surface area (Å²) in [6.07, 6.45) is 0.386. The maximum absolute atomic E-state index is 11.4. The predicted molar refractivity (Wildman–Crippen MR) is 71.7 cm³/mol. The Morgan fingerprint density at radius 3 is 2.12 bits per heavy atom. The monoisotopic (exact) mass is 299 g/mol. The first-order valence-electron chi connectivity index (χ1n) is 5.43. The van der Waals surface area contributed by atoms with Crippen LogP contribution < -0.4 is 5.73 Å². The molecule has 0 saturated heterocycles. The first-order valence-corrected chi connectivity index (χ1v) is 6.23. The number of halogens is 1. The summed E-state index contributed by atoms with van der Waals surface area (Å²) >= 11 is 3.32. The molecule has 0 radical (unpaired) electrons. The fraction of sp³-hybridized carbons (Fsp3) is 0.462. The molecule has 0 aliphatic rings. The highest BCUT2D eigenvalue weighted by molar-refractivity contribution is 9.10. The maximum atomic E-state index is 11.4. The van der Waals surface area contributed by atoms with E-state index in [-0.39, 0.29) is 5.41 Å². The Morgan fingerprint density at radius 1 is 1.29 bits per heavy atom. The van der Waals surface area contributed by atoms with Crippen LogP contribution in [0.5, 0.6) is 0 Å². The minimum atomic E-state index is -1.33. The van der Waals surface area contributed by atoms with Crippen LogP contribution in [0.25, 0.3) is 0 Å². The Hall–Kier alpha value is -0.870. The summed E-state index contributed by atoms with van der Waals surface area (Å²) in [5.41, 5.74) is 5.22. The molecule has 1 rings (SSSR count). The lowest BCUT2D eigenvalue weighted by atomic mass is 9.76. The molecule has 0 heterocycles. The van der Waals surface area contributed by atoms with E-state index in [9.17, 15) is 9.90 Å². The third-order valence-corrected chi connectivity index (χ3v) is 3.08. The first-order chi connectivity index (χ1) is 7.65. The quantitative estimate of drug-likeness (QED) is 0.901. The van der Waals surface area contributed by atoms with Crippen LogP contribution in [0.3, 0.4) is 0 Å². The number of carboxylic acids is 1. The molecule has 1 aromatic carbocycles. The molecule has 0 spiro atoms. The third-order valence-electron chi connectivity index (χ3n) is 2.55. The molecule has 94 valence electrons. The lowest BCUT2D eigenvalue weighted by Gasteiger charge is -2.32. The van der Waals surface area contributed by atoms with Crippen molar-refractivity contribution in [2.75, 3.05) is 0 Å². The highest BCUT2D eigenvalue weighted by Crippen LogP contribution is 2.33. The molecule has 0 bridgehead atoms. The first kappa shape index (κ1) is 14.2. The number of carbonyl (C=O) groups is 1. The molecule has 3 N–H and O–H groups in total. The van der Waals surface area contributed by atoms with Crippen LogP contribution in [-0.4, -0.2) is 11.1 Å². The molecule has 0 aliphatic carbocycles. The number of hydrogen-bond acceptors (Lipinski definition) is 2. The zero-order valence-electron chi connectivity index (χ0n) is 10.3. The van der Waals surface area contributed by atoms with E-state index in [1.165, 1.54) is 0 Å². The van der Waals surface area contributed by atoms with Crippen molar-refractivity contribution in [3.05, 3.63) is 34.3 Å². The van der Waals surface area contributed by atoms with Gasteiger partial charge in [-0.25, -0.2) is 4.79 Å². The topological polar surface area (TPSA) is 63.3 Å². The van der Waals surface area contributed by atoms with Gasteiger partial charge in [0.2, 0.25) is 0 Å². The summed E-state index contributed by atoms with van der Waals surface area (Å²) in [4.78, 5) is 11.4. The lowest BCUT2D eigenvalue weighted by molar-refractivity contribution is -0.145. The van der Waals surface area contributed by atoms with Gasteiger partial charge in [-0.15, -0.1) is 0 Å². The SMILES string of the molecule is CC(C)(C)CC(N)(C(=O)O)c1ccc(Br)cc1. The molecule has 1 unspecified atom stereocenters. The van der Waals surface area contributed by atoms with Crippen molar-refractivity contribution in [2.45, 2.75) is 32.7 Å². The van der Waals surface area contributed by atoms with E-state index in [4.69, 9.17) is 5.73 Å². The van der Waals surface area contributed by atoms with Gasteiger partial charge in [-0.3, -0.25) is 0 Å². The van der Waals surface area contributed by atoms with Gasteiger partial charge < -0.3 is 10.8 Å². The van der Waals surface area contributed by atoms with Crippen molar-refractivity contribution >= 4 is 21.9 Å². The van der Waals surface area contributed by atoms with E-state index in [0.717, 1.165) is 4.47 Å². The smallest absolute Gasteiger partial charge is 0.328 e. The second kappa shape index (κ2) is 4.78. The van der Waals surface area contributed by atoms with E-state index >= 15 is 0 Å². The Bertz CT molecular complexity index is 408. The fourth-order valence-electron chi connectivity index (χ4n) is 1.88. The van der Waals surface area contributed by atoms with Crippen molar-refractivity contribution in [1.82, 2.24) is 0 Å². The Kier molecular flexibility index (Phi) is 3.99. The summed E-state index contributed by atoms with van der Waals surface area (Å²) in [5.74, 6) is -0.991. The minimum absolute atomic E-state index is 0.153. The van der Waals surface area contributed by atoms with Crippen LogP contribution in [-0.2, 0) is 10.3 Å². The normalized spacial score (nSPS) is 15.4. The number of benzene rings is 1. The summed E-state index contributed by atoms with van der Waals surface area (Å²) in [5, 5.41) is 9.38. The highest BCUT2D eigenvalue weighted by atomic mass is 79.9. The van der Waals surface area contributed by atoms with Gasteiger partial charge in [0.1, 0.15) is 5.54 Å². The number of aliphatic carboxylic acids is 1. The predicted octanol–water partition coefficient (Wildman–Crippen LogP) is 3.12. The summed E-state index contributed by atoms with van der Waals surface area (Å²) in [7, 11) is 0. The van der Waals surface area contributed by atoms with E-state index in [0.29, 0.717) is 12.0 Å². The van der Waals surface area contributed by atoms with Gasteiger partial charge in [0, 0.05) is 4.47 Å². The van der Waals surface area contributed by atoms with E-state index in [1.54, 1.807) is 12.1 Å². The van der Waals surface area contributed by atoms with Crippen LogP contribution >= 0.6 is 15.9 Å². The van der Waals surface area contributed by atoms with Crippen LogP contribution in [0, 0.1) is 5.41 Å². The van der Waals surface area contributed by atoms with Gasteiger partial charge in [-0.1, -0.05) is 48.8 Å². The Labute approximate surface area is 110 Å². The van der Waals surface area contributed by atoms with Crippen molar-refractivity contribution in [1.29, 1.82) is 0 Å². The molecule has 0 aliphatic heterocycles. The number of rotatable bonds is 3. The Balaban J connectivity index is 3.16. The average Bonchev–Trinajstić information content (AvgIpc) is 2.15. The maximum Gasteiger partial charge on any atom is 0.328 e. The van der Waals surface area contributed by atoms with Crippen LogP contribution in [0.1, 0.15) is 32.8 Å². The molecule has 1 atom stereocenters. The van der Waals surface area contributed by atoms with Crippen molar-refractivity contribution < 1.29 is 9.90 Å². The van der Waals surface area contributed by atoms with Crippen LogP contribution in [0.15, 0.2) is 28.7 Å². The summed E-state index contributed by atoms with van der Waals surface area (Å²) in [6.45, 7) is 5.95. The second-order valence-electron chi connectivity index (χ2n) is 5.52. The van der Waals surface area contributed by atoms with Gasteiger partial charge in [-0.05, 0) is 29.5 Å². The largest absolute Gasteiger partial charge is 0.480 e. The van der Waals surface area contributed by atoms with E-state index in [1.807, 2.05) is 32.9 Å². The zero-order valence-corrected chi connectivity index (χ0v) is 11.9. The van der Waals surface area contributed by atoms with E-state index in [2.05, 4.69) is 15.9 Å². The van der Waals surface area contributed by atoms with Crippen molar-refractivity contribution in [2.24, 2.45) is 11.1 Å². The molecule has 3 nitrogen and oxygen atoms in total. The van der Waals surface area contributed by atoms with Gasteiger partial charge in [0.05, 0.1) is 0 Å². The van der Waals surface area contributed by atoms with Gasteiger partial charge in [-0.2, -0.15) is 0 Å². The van der Waals surface area contributed by atoms with E-state index < -0.39 is 11.5 Å². The average molecular weight is 300 g/mol. The van der Waals surface area contributed by atoms with Crippen LogP contribution in [0.4, 0.5) is 0 Å². The summed E-state index contributed by atoms with van der Waals surface area (Å²) < 4.78 is 0.907. The van der Waals surface area contributed by atoms with Crippen molar-refractivity contribution in [3.8, 4) is 0 Å². The Morgan fingerprint density at radius 2 is 1.76 bits per heavy atom. The molecular weight excluding hydrogens is 282 g/mol. The van der Waals surface area contributed by atoms with Crippen molar-refractivity contribution in [3.63, 3.8) is 0 Å². The molecule has 1 aromatic rings. The van der Waals surface area contributed by atoms with Crippen LogP contribution in [0.2, 0.25) is 0 Å².